The van der Waals surface area contributed by atoms with Gasteiger partial charge in [0, 0.05) is 0 Å². The van der Waals surface area contributed by atoms with Gasteiger partial charge in [0.05, 0.1) is 0 Å². The second kappa shape index (κ2) is 9.49. The molecule has 0 unspecified atom stereocenters. The summed E-state index contributed by atoms with van der Waals surface area (Å²) in [6.07, 6.45) is 0. The van der Waals surface area contributed by atoms with E-state index in [1.54, 1.807) is 0 Å². The Morgan fingerprint density at radius 1 is 0.818 bits per heavy atom. The molecule has 11 heavy (non-hydrogen) atoms. The lowest BCUT2D eigenvalue weighted by atomic mass is 10.4. The second-order valence-electron chi connectivity index (χ2n) is 1.48. The molecule has 0 amide bonds. The summed E-state index contributed by atoms with van der Waals surface area (Å²) in [4.78, 5) is 14.9. The Labute approximate surface area is 66.6 Å². The Kier molecular flexibility index (Phi) is 11.3. The maximum atomic E-state index is 7.45. The van der Waals surface area contributed by atoms with Crippen LogP contribution in [0.2, 0.25) is 0 Å². The average molecular weight is 177 g/mol. The molecule has 1 aromatic carbocycles. The van der Waals surface area contributed by atoms with E-state index in [1.165, 1.54) is 0 Å². The number of hydrogen-bond acceptors (Lipinski definition) is 3. The molecule has 0 saturated heterocycles. The predicted octanol–water partition coefficient (Wildman–Crippen LogP) is 0.0185. The quantitative estimate of drug-likeness (QED) is 0.487. The number of nitrogens with two attached hydrogens (primary N) is 1. The van der Waals surface area contributed by atoms with Crippen molar-refractivity contribution in [3.63, 3.8) is 0 Å². The van der Waals surface area contributed by atoms with Crippen LogP contribution in [-0.2, 0) is 0 Å². The zero-order valence-electron chi connectivity index (χ0n) is 5.88. The van der Waals surface area contributed by atoms with Gasteiger partial charge in [0.25, 0.3) is 0 Å². The van der Waals surface area contributed by atoms with Crippen LogP contribution in [-0.4, -0.2) is 15.3 Å². The predicted molar refractivity (Wildman–Crippen MR) is 45.6 cm³/mol. The van der Waals surface area contributed by atoms with Crippen molar-refractivity contribution < 1.29 is 15.3 Å². The van der Waals surface area contributed by atoms with Crippen molar-refractivity contribution in [1.29, 1.82) is 0 Å². The number of rotatable bonds is 0. The fourth-order valence-corrected chi connectivity index (χ4v) is 0.385. The molecule has 0 spiro atoms. The Morgan fingerprint density at radius 3 is 1.00 bits per heavy atom. The lowest BCUT2D eigenvalue weighted by molar-refractivity contribution is 0.485. The summed E-state index contributed by atoms with van der Waals surface area (Å²) in [6.45, 7) is 0. The maximum absolute atomic E-state index is 7.45. The highest BCUT2D eigenvalue weighted by molar-refractivity contribution is 7.42. The van der Waals surface area contributed by atoms with E-state index in [0.717, 1.165) is 0 Å². The first-order valence-corrected chi connectivity index (χ1v) is 3.97. The molecular formula is C6H12NO3P. The Balaban J connectivity index is 0. The van der Waals surface area contributed by atoms with Crippen LogP contribution >= 0.6 is 8.53 Å². The van der Waals surface area contributed by atoms with Crippen molar-refractivity contribution in [2.75, 3.05) is 0 Å². The number of benzene rings is 1. The minimum Gasteiger partial charge on any atom is -0.412 e. The third-order valence-electron chi connectivity index (χ3n) is 0.667. The van der Waals surface area contributed by atoms with E-state index >= 15 is 0 Å². The summed E-state index contributed by atoms with van der Waals surface area (Å²) in [5.41, 5.74) is 4.29. The third-order valence-corrected chi connectivity index (χ3v) is 0.667. The minimum absolute atomic E-state index is 0. The van der Waals surface area contributed by atoms with Crippen molar-refractivity contribution in [1.82, 2.24) is 0 Å². The van der Waals surface area contributed by atoms with Crippen molar-refractivity contribution in [3.05, 3.63) is 36.4 Å². The topological polar surface area (TPSA) is 98.0 Å². The number of hydrogen-bond donors (Lipinski definition) is 3. The van der Waals surface area contributed by atoms with Crippen LogP contribution in [0.3, 0.4) is 0 Å². The van der Waals surface area contributed by atoms with Crippen LogP contribution in [0, 0.1) is 0 Å². The van der Waals surface area contributed by atoms with Gasteiger partial charge >= 0.3 is 0 Å². The van der Waals surface area contributed by atoms with Gasteiger partial charge in [-0.15, -0.1) is 0 Å². The van der Waals surface area contributed by atoms with Gasteiger partial charge in [-0.2, -0.15) is 0 Å². The molecule has 0 bridgehead atoms. The zero-order chi connectivity index (χ0) is 7.82. The fourth-order valence-electron chi connectivity index (χ4n) is 0.385. The van der Waals surface area contributed by atoms with Gasteiger partial charge in [-0.3, -0.25) is 5.50 Å². The molecule has 5 heteroatoms. The molecule has 0 saturated carbocycles. The van der Waals surface area contributed by atoms with Crippen molar-refractivity contribution in [2.45, 2.75) is 0 Å². The molecule has 0 aromatic heterocycles. The molecule has 6 N–H and O–H groups in total. The lowest BCUT2D eigenvalue weighted by Gasteiger charge is -1.79. The molecule has 0 atom stereocenters. The molecule has 64 valence electrons. The molecule has 0 aliphatic heterocycles. The standard InChI is InChI=1S/C6H6.H4NO2P.H2O/c1-2-4-6-5-3-1;1-4(2)3;/h1-6H;2-3H,1H2;1H2. The van der Waals surface area contributed by atoms with Crippen molar-refractivity contribution >= 4 is 8.53 Å². The van der Waals surface area contributed by atoms with Gasteiger partial charge < -0.3 is 15.3 Å². The smallest absolute Gasteiger partial charge is 0.247 e. The summed E-state index contributed by atoms with van der Waals surface area (Å²) in [7, 11) is -2.12. The van der Waals surface area contributed by atoms with Crippen molar-refractivity contribution in [2.24, 2.45) is 5.50 Å². The first-order valence-electron chi connectivity index (χ1n) is 2.66. The first-order chi connectivity index (χ1) is 4.73. The summed E-state index contributed by atoms with van der Waals surface area (Å²) < 4.78 is 0. The molecule has 0 heterocycles. The summed E-state index contributed by atoms with van der Waals surface area (Å²) in [6, 6.07) is 12.0. The highest BCUT2D eigenvalue weighted by Crippen LogP contribution is 2.05. The van der Waals surface area contributed by atoms with E-state index in [2.05, 4.69) is 5.50 Å². The normalized spacial score (nSPS) is 7.64. The van der Waals surface area contributed by atoms with E-state index in [4.69, 9.17) is 9.79 Å². The minimum atomic E-state index is -2.12. The monoisotopic (exact) mass is 177 g/mol. The Morgan fingerprint density at radius 2 is 0.909 bits per heavy atom. The van der Waals surface area contributed by atoms with E-state index in [9.17, 15) is 0 Å². The van der Waals surface area contributed by atoms with Crippen LogP contribution in [0.1, 0.15) is 0 Å². The lowest BCUT2D eigenvalue weighted by Crippen LogP contribution is -1.78. The van der Waals surface area contributed by atoms with Crippen LogP contribution in [0.5, 0.6) is 0 Å². The summed E-state index contributed by atoms with van der Waals surface area (Å²) in [5.74, 6) is 0. The van der Waals surface area contributed by atoms with Crippen molar-refractivity contribution in [3.8, 4) is 0 Å². The fraction of sp³-hybridized carbons (Fsp3) is 0. The SMILES string of the molecule is NP(O)O.O.c1ccccc1. The highest BCUT2D eigenvalue weighted by atomic mass is 31.2. The molecule has 0 aliphatic rings. The first kappa shape index (κ1) is 13.1. The van der Waals surface area contributed by atoms with Gasteiger partial charge in [0.1, 0.15) is 0 Å². The van der Waals surface area contributed by atoms with Crippen LogP contribution in [0.15, 0.2) is 36.4 Å². The third kappa shape index (κ3) is 17.7. The molecular weight excluding hydrogens is 165 g/mol. The Hall–Kier alpha value is -0.510. The van der Waals surface area contributed by atoms with Crippen LogP contribution in [0.4, 0.5) is 0 Å². The molecule has 1 aromatic rings. The van der Waals surface area contributed by atoms with Crippen LogP contribution < -0.4 is 5.50 Å². The van der Waals surface area contributed by atoms with Gasteiger partial charge in [0.2, 0.25) is 8.53 Å². The molecule has 0 radical (unpaired) electrons. The van der Waals surface area contributed by atoms with Gasteiger partial charge in [0.15, 0.2) is 0 Å². The van der Waals surface area contributed by atoms with E-state index < -0.39 is 8.53 Å². The molecule has 1 rings (SSSR count). The van der Waals surface area contributed by atoms with Gasteiger partial charge in [-0.1, -0.05) is 36.4 Å². The van der Waals surface area contributed by atoms with Gasteiger partial charge in [-0.05, 0) is 0 Å². The van der Waals surface area contributed by atoms with E-state index in [1.807, 2.05) is 36.4 Å². The molecule has 4 nitrogen and oxygen atoms in total. The van der Waals surface area contributed by atoms with Crippen LogP contribution in [0.25, 0.3) is 0 Å². The molecule has 0 fully saturated rings. The van der Waals surface area contributed by atoms with Gasteiger partial charge in [-0.25, -0.2) is 0 Å². The zero-order valence-corrected chi connectivity index (χ0v) is 6.78. The summed E-state index contributed by atoms with van der Waals surface area (Å²) >= 11 is 0. The Bertz CT molecular complexity index is 118. The second-order valence-corrected chi connectivity index (χ2v) is 2.12. The van der Waals surface area contributed by atoms with E-state index in [0.29, 0.717) is 0 Å². The largest absolute Gasteiger partial charge is 0.412 e. The van der Waals surface area contributed by atoms with E-state index in [-0.39, 0.29) is 5.48 Å². The highest BCUT2D eigenvalue weighted by Gasteiger charge is 1.72. The molecule has 0 aliphatic carbocycles. The average Bonchev–Trinajstić information content (AvgIpc) is 1.90. The maximum Gasteiger partial charge on any atom is 0.247 e. The summed E-state index contributed by atoms with van der Waals surface area (Å²) in [5, 5.41) is 0.